The normalized spacial score (nSPS) is 10.4. The third kappa shape index (κ3) is 3.25. The van der Waals surface area contributed by atoms with Crippen molar-refractivity contribution in [2.75, 3.05) is 7.11 Å². The Morgan fingerprint density at radius 1 is 1.43 bits per heavy atom. The molecule has 2 rings (SSSR count). The monoisotopic (exact) mass is 289 g/mol. The Balaban J connectivity index is 2.40. The van der Waals surface area contributed by atoms with E-state index >= 15 is 0 Å². The Labute approximate surface area is 121 Å². The molecule has 2 aromatic rings. The number of carbonyl (C=O) groups is 1. The van der Waals surface area contributed by atoms with Crippen molar-refractivity contribution >= 4 is 11.7 Å². The number of carbonyl (C=O) groups excluding carboxylic acids is 1. The zero-order valence-electron chi connectivity index (χ0n) is 11.8. The number of benzene rings is 1. The van der Waals surface area contributed by atoms with E-state index in [2.05, 4.69) is 9.72 Å². The molecule has 0 unspecified atom stereocenters. The van der Waals surface area contributed by atoms with Gasteiger partial charge in [-0.3, -0.25) is 10.1 Å². The minimum atomic E-state index is -0.598. The lowest BCUT2D eigenvalue weighted by Gasteiger charge is -2.07. The molecule has 0 aliphatic carbocycles. The minimum absolute atomic E-state index is 0.137. The summed E-state index contributed by atoms with van der Waals surface area (Å²) in [5, 5.41) is 11.0. The maximum atomic E-state index is 11.6. The van der Waals surface area contributed by atoms with Gasteiger partial charge in [-0.25, -0.2) is 9.78 Å². The van der Waals surface area contributed by atoms with Gasteiger partial charge >= 0.3 is 5.97 Å². The molecule has 0 aliphatic rings. The van der Waals surface area contributed by atoms with Gasteiger partial charge < -0.3 is 9.30 Å². The quantitative estimate of drug-likeness (QED) is 0.478. The topological polar surface area (TPSA) is 87.3 Å². The van der Waals surface area contributed by atoms with Crippen LogP contribution in [0.2, 0.25) is 0 Å². The lowest BCUT2D eigenvalue weighted by atomic mass is 10.1. The maximum absolute atomic E-state index is 11.6. The Kier molecular flexibility index (Phi) is 4.32. The smallest absolute Gasteiger partial charge is 0.338 e. The lowest BCUT2D eigenvalue weighted by Crippen LogP contribution is -2.06. The van der Waals surface area contributed by atoms with Crippen molar-refractivity contribution in [1.29, 1.82) is 0 Å². The number of hydrogen-bond acceptors (Lipinski definition) is 5. The van der Waals surface area contributed by atoms with E-state index in [1.807, 2.05) is 17.7 Å². The number of methoxy groups -OCH3 is 1. The molecule has 0 spiro atoms. The van der Waals surface area contributed by atoms with E-state index in [0.29, 0.717) is 12.0 Å². The number of aryl methyl sites for hydroxylation is 1. The van der Waals surface area contributed by atoms with Crippen LogP contribution < -0.4 is 0 Å². The van der Waals surface area contributed by atoms with Crippen LogP contribution in [0.4, 0.5) is 5.69 Å². The highest BCUT2D eigenvalue weighted by atomic mass is 16.6. The van der Waals surface area contributed by atoms with E-state index < -0.39 is 10.9 Å². The largest absolute Gasteiger partial charge is 0.465 e. The number of aromatic nitrogens is 2. The molecule has 0 N–H and O–H groups in total. The molecule has 1 heterocycles. The highest BCUT2D eigenvalue weighted by Crippen LogP contribution is 2.20. The average Bonchev–Trinajstić information content (AvgIpc) is 2.93. The molecule has 0 fully saturated rings. The number of ether oxygens (including phenoxy) is 1. The van der Waals surface area contributed by atoms with E-state index in [1.54, 1.807) is 12.3 Å². The Hall–Kier alpha value is -2.70. The summed E-state index contributed by atoms with van der Waals surface area (Å²) in [4.78, 5) is 26.3. The second kappa shape index (κ2) is 6.17. The van der Waals surface area contributed by atoms with E-state index in [-0.39, 0.29) is 11.3 Å². The molecule has 0 amide bonds. The zero-order valence-corrected chi connectivity index (χ0v) is 11.8. The van der Waals surface area contributed by atoms with Gasteiger partial charge in [0.05, 0.1) is 17.6 Å². The fourth-order valence-corrected chi connectivity index (χ4v) is 2.09. The van der Waals surface area contributed by atoms with Crippen LogP contribution in [-0.4, -0.2) is 27.6 Å². The Bertz CT molecular complexity index is 679. The molecule has 21 heavy (non-hydrogen) atoms. The molecule has 1 aromatic heterocycles. The predicted octanol–water partition coefficient (Wildman–Crippen LogP) is 2.19. The Morgan fingerprint density at radius 3 is 2.81 bits per heavy atom. The van der Waals surface area contributed by atoms with Crippen LogP contribution in [0.1, 0.15) is 28.7 Å². The van der Waals surface area contributed by atoms with Crippen molar-refractivity contribution in [1.82, 2.24) is 9.55 Å². The first kappa shape index (κ1) is 14.7. The molecule has 7 nitrogen and oxygen atoms in total. The van der Waals surface area contributed by atoms with Crippen molar-refractivity contribution in [2.24, 2.45) is 0 Å². The molecule has 0 atom stereocenters. The van der Waals surface area contributed by atoms with E-state index in [4.69, 9.17) is 0 Å². The molecule has 110 valence electrons. The fraction of sp³-hybridized carbons (Fsp3) is 0.286. The van der Waals surface area contributed by atoms with Crippen LogP contribution in [0.25, 0.3) is 0 Å². The summed E-state index contributed by atoms with van der Waals surface area (Å²) in [6.07, 6.45) is 3.93. The van der Waals surface area contributed by atoms with Gasteiger partial charge in [0, 0.05) is 37.5 Å². The van der Waals surface area contributed by atoms with E-state index in [0.717, 1.165) is 12.4 Å². The summed E-state index contributed by atoms with van der Waals surface area (Å²) >= 11 is 0. The van der Waals surface area contributed by atoms with Gasteiger partial charge in [0.25, 0.3) is 5.69 Å². The predicted molar refractivity (Wildman–Crippen MR) is 75.1 cm³/mol. The van der Waals surface area contributed by atoms with Gasteiger partial charge in [0.2, 0.25) is 0 Å². The van der Waals surface area contributed by atoms with Crippen LogP contribution in [-0.2, 0) is 17.7 Å². The number of esters is 1. The number of rotatable bonds is 5. The molecule has 1 aromatic carbocycles. The summed E-state index contributed by atoms with van der Waals surface area (Å²) in [7, 11) is 1.24. The van der Waals surface area contributed by atoms with Crippen molar-refractivity contribution in [3.8, 4) is 0 Å². The first-order valence-electron chi connectivity index (χ1n) is 6.41. The maximum Gasteiger partial charge on any atom is 0.338 e. The highest BCUT2D eigenvalue weighted by Gasteiger charge is 2.16. The fourth-order valence-electron chi connectivity index (χ4n) is 2.09. The highest BCUT2D eigenvalue weighted by molar-refractivity contribution is 5.90. The SMILES string of the molecule is CCn1ccnc1Cc1cc(C(=O)OC)cc([N+](=O)[O-])c1. The van der Waals surface area contributed by atoms with Gasteiger partial charge in [-0.15, -0.1) is 0 Å². The molecule has 0 bridgehead atoms. The minimum Gasteiger partial charge on any atom is -0.465 e. The van der Waals surface area contributed by atoms with Crippen molar-refractivity contribution in [3.63, 3.8) is 0 Å². The van der Waals surface area contributed by atoms with E-state index in [9.17, 15) is 14.9 Å². The number of non-ortho nitro benzene ring substituents is 1. The average molecular weight is 289 g/mol. The number of imidazole rings is 1. The molecular weight excluding hydrogens is 274 g/mol. The molecular formula is C14H15N3O4. The summed E-state index contributed by atoms with van der Waals surface area (Å²) in [5.41, 5.74) is 0.671. The molecule has 7 heteroatoms. The van der Waals surface area contributed by atoms with Gasteiger partial charge in [-0.1, -0.05) is 0 Å². The third-order valence-corrected chi connectivity index (χ3v) is 3.11. The van der Waals surface area contributed by atoms with Crippen LogP contribution in [0.15, 0.2) is 30.6 Å². The second-order valence-corrected chi connectivity index (χ2v) is 4.44. The summed E-state index contributed by atoms with van der Waals surface area (Å²) < 4.78 is 6.56. The zero-order chi connectivity index (χ0) is 15.4. The van der Waals surface area contributed by atoms with Crippen LogP contribution in [0.5, 0.6) is 0 Å². The number of nitro benzene ring substituents is 1. The molecule has 0 saturated heterocycles. The van der Waals surface area contributed by atoms with Gasteiger partial charge in [0.1, 0.15) is 5.82 Å². The van der Waals surface area contributed by atoms with Crippen LogP contribution >= 0.6 is 0 Å². The first-order chi connectivity index (χ1) is 10.0. The van der Waals surface area contributed by atoms with Gasteiger partial charge in [-0.05, 0) is 18.6 Å². The third-order valence-electron chi connectivity index (χ3n) is 3.11. The second-order valence-electron chi connectivity index (χ2n) is 4.44. The van der Waals surface area contributed by atoms with Crippen molar-refractivity contribution < 1.29 is 14.5 Å². The lowest BCUT2D eigenvalue weighted by molar-refractivity contribution is -0.384. The first-order valence-corrected chi connectivity index (χ1v) is 6.41. The van der Waals surface area contributed by atoms with Crippen LogP contribution in [0.3, 0.4) is 0 Å². The summed E-state index contributed by atoms with van der Waals surface area (Å²) in [5.74, 6) is 0.188. The van der Waals surface area contributed by atoms with Gasteiger partial charge in [-0.2, -0.15) is 0 Å². The molecule has 0 radical (unpaired) electrons. The van der Waals surface area contributed by atoms with Crippen molar-refractivity contribution in [3.05, 3.63) is 57.7 Å². The molecule has 0 saturated carbocycles. The molecule has 0 aliphatic heterocycles. The number of hydrogen-bond donors (Lipinski definition) is 0. The summed E-state index contributed by atoms with van der Waals surface area (Å²) in [6.45, 7) is 2.74. The number of nitro groups is 1. The number of nitrogens with zero attached hydrogens (tertiary/aromatic N) is 3. The Morgan fingerprint density at radius 2 is 2.19 bits per heavy atom. The summed E-state index contributed by atoms with van der Waals surface area (Å²) in [6, 6.07) is 4.25. The van der Waals surface area contributed by atoms with Crippen LogP contribution in [0, 0.1) is 10.1 Å². The standard InChI is InChI=1S/C14H15N3O4/c1-3-16-5-4-15-13(16)8-10-6-11(14(18)21-2)9-12(7-10)17(19)20/h4-7,9H,3,8H2,1-2H3. The van der Waals surface area contributed by atoms with Gasteiger partial charge in [0.15, 0.2) is 0 Å². The van der Waals surface area contributed by atoms with E-state index in [1.165, 1.54) is 19.2 Å². The van der Waals surface area contributed by atoms with Crippen molar-refractivity contribution in [2.45, 2.75) is 19.9 Å².